The number of primary amides is 1. The first-order valence-electron chi connectivity index (χ1n) is 5.41. The van der Waals surface area contributed by atoms with Crippen LogP contribution in [0.25, 0.3) is 0 Å². The molecule has 0 aliphatic carbocycles. The summed E-state index contributed by atoms with van der Waals surface area (Å²) in [6.45, 7) is 1.90. The lowest BCUT2D eigenvalue weighted by atomic mass is 10.0. The van der Waals surface area contributed by atoms with Crippen LogP contribution in [-0.2, 0) is 4.79 Å². The molecule has 104 valence electrons. The Labute approximate surface area is 107 Å². The zero-order chi connectivity index (χ0) is 13.3. The Balaban J connectivity index is 0. The lowest BCUT2D eigenvalue weighted by Crippen LogP contribution is -2.28. The van der Waals surface area contributed by atoms with Crippen LogP contribution in [0.4, 0.5) is 0 Å². The molecule has 1 aromatic carbocycles. The lowest BCUT2D eigenvalue weighted by Gasteiger charge is -2.17. The highest BCUT2D eigenvalue weighted by atomic mass is 16.3. The van der Waals surface area contributed by atoms with Gasteiger partial charge in [0.05, 0.1) is 12.6 Å². The largest absolute Gasteiger partial charge is 0.412 e. The van der Waals surface area contributed by atoms with Crippen molar-refractivity contribution in [1.29, 1.82) is 0 Å². The van der Waals surface area contributed by atoms with Crippen LogP contribution in [-0.4, -0.2) is 36.1 Å². The number of hydrogen-bond donors (Lipinski definition) is 4. The second-order valence-electron chi connectivity index (χ2n) is 3.60. The van der Waals surface area contributed by atoms with Gasteiger partial charge in [-0.25, -0.2) is 0 Å². The Morgan fingerprint density at radius 2 is 1.83 bits per heavy atom. The van der Waals surface area contributed by atoms with E-state index in [9.17, 15) is 9.90 Å². The van der Waals surface area contributed by atoms with Crippen molar-refractivity contribution in [1.82, 2.24) is 5.32 Å². The highest BCUT2D eigenvalue weighted by molar-refractivity contribution is 5.75. The van der Waals surface area contributed by atoms with Gasteiger partial charge in [0, 0.05) is 6.04 Å². The van der Waals surface area contributed by atoms with Crippen molar-refractivity contribution >= 4 is 5.91 Å². The molecule has 0 spiro atoms. The van der Waals surface area contributed by atoms with Gasteiger partial charge in [-0.3, -0.25) is 4.79 Å². The van der Waals surface area contributed by atoms with Crippen LogP contribution in [0.5, 0.6) is 0 Å². The molecule has 6 nitrogen and oxygen atoms in total. The van der Waals surface area contributed by atoms with Crippen molar-refractivity contribution in [2.24, 2.45) is 11.5 Å². The Morgan fingerprint density at radius 1 is 1.39 bits per heavy atom. The van der Waals surface area contributed by atoms with E-state index in [4.69, 9.17) is 5.73 Å². The molecular formula is C12H23N3O3. The van der Waals surface area contributed by atoms with Crippen molar-refractivity contribution in [3.63, 3.8) is 0 Å². The fourth-order valence-corrected chi connectivity index (χ4v) is 1.10. The van der Waals surface area contributed by atoms with E-state index in [2.05, 4.69) is 11.1 Å². The third-order valence-corrected chi connectivity index (χ3v) is 2.27. The van der Waals surface area contributed by atoms with Gasteiger partial charge in [0.15, 0.2) is 0 Å². The average Bonchev–Trinajstić information content (AvgIpc) is 2.38. The number of carbonyl (C=O) groups is 1. The second kappa shape index (κ2) is 10.7. The molecule has 8 N–H and O–H groups in total. The van der Waals surface area contributed by atoms with Crippen molar-refractivity contribution in [2.75, 3.05) is 13.6 Å². The van der Waals surface area contributed by atoms with Crippen molar-refractivity contribution in [2.45, 2.75) is 19.1 Å². The highest BCUT2D eigenvalue weighted by Crippen LogP contribution is 2.15. The molecule has 0 bridgehead atoms. The molecule has 0 aromatic heterocycles. The molecule has 0 aliphatic heterocycles. The minimum atomic E-state index is -0.468. The minimum Gasteiger partial charge on any atom is -0.412 e. The Kier molecular flexibility index (Phi) is 11.2. The molecule has 1 aromatic rings. The van der Waals surface area contributed by atoms with Crippen LogP contribution in [0.1, 0.15) is 18.6 Å². The van der Waals surface area contributed by atoms with E-state index in [1.807, 2.05) is 44.3 Å². The molecule has 0 fully saturated rings. The van der Waals surface area contributed by atoms with Crippen LogP contribution in [0.15, 0.2) is 30.3 Å². The molecule has 2 atom stereocenters. The summed E-state index contributed by atoms with van der Waals surface area (Å²) in [5.41, 5.74) is 10.2. The van der Waals surface area contributed by atoms with Gasteiger partial charge in [-0.15, -0.1) is 0 Å². The SMILES string of the molecule is CNC(C)C(O)c1ccccc1.NCC(N)=O.O. The maximum atomic E-state index is 9.73. The second-order valence-corrected chi connectivity index (χ2v) is 3.60. The summed E-state index contributed by atoms with van der Waals surface area (Å²) in [6.07, 6.45) is -0.420. The number of hydrogen-bond acceptors (Lipinski definition) is 4. The monoisotopic (exact) mass is 257 g/mol. The van der Waals surface area contributed by atoms with E-state index in [0.29, 0.717) is 0 Å². The summed E-state index contributed by atoms with van der Waals surface area (Å²) in [6, 6.07) is 9.76. The average molecular weight is 257 g/mol. The van der Waals surface area contributed by atoms with Crippen LogP contribution in [0.2, 0.25) is 0 Å². The van der Waals surface area contributed by atoms with E-state index in [0.717, 1.165) is 5.56 Å². The van der Waals surface area contributed by atoms with Gasteiger partial charge in [0.2, 0.25) is 5.91 Å². The summed E-state index contributed by atoms with van der Waals surface area (Å²) in [5.74, 6) is -0.468. The number of nitrogens with one attached hydrogen (secondary N) is 1. The smallest absolute Gasteiger partial charge is 0.231 e. The summed E-state index contributed by atoms with van der Waals surface area (Å²) in [5, 5.41) is 12.7. The zero-order valence-corrected chi connectivity index (χ0v) is 10.8. The molecule has 0 saturated heterocycles. The number of likely N-dealkylation sites (N-methyl/N-ethyl adjacent to an activating group) is 1. The van der Waals surface area contributed by atoms with Gasteiger partial charge in [0.25, 0.3) is 0 Å². The maximum absolute atomic E-state index is 9.73. The number of nitrogens with two attached hydrogens (primary N) is 2. The number of amides is 1. The number of rotatable bonds is 4. The molecule has 2 unspecified atom stereocenters. The Bertz CT molecular complexity index is 320. The van der Waals surface area contributed by atoms with Gasteiger partial charge >= 0.3 is 0 Å². The van der Waals surface area contributed by atoms with Gasteiger partial charge < -0.3 is 27.4 Å². The molecule has 0 saturated carbocycles. The summed E-state index contributed by atoms with van der Waals surface area (Å²) in [7, 11) is 1.84. The Morgan fingerprint density at radius 3 is 2.17 bits per heavy atom. The van der Waals surface area contributed by atoms with Crippen molar-refractivity contribution in [3.8, 4) is 0 Å². The third kappa shape index (κ3) is 7.75. The summed E-state index contributed by atoms with van der Waals surface area (Å²) in [4.78, 5) is 9.47. The fourth-order valence-electron chi connectivity index (χ4n) is 1.10. The van der Waals surface area contributed by atoms with E-state index in [-0.39, 0.29) is 18.1 Å². The molecule has 1 amide bonds. The fraction of sp³-hybridized carbons (Fsp3) is 0.417. The molecule has 0 radical (unpaired) electrons. The minimum absolute atomic E-state index is 0. The predicted molar refractivity (Wildman–Crippen MR) is 71.8 cm³/mol. The van der Waals surface area contributed by atoms with E-state index < -0.39 is 12.0 Å². The lowest BCUT2D eigenvalue weighted by molar-refractivity contribution is -0.116. The van der Waals surface area contributed by atoms with Gasteiger partial charge in [0.1, 0.15) is 0 Å². The number of benzene rings is 1. The van der Waals surface area contributed by atoms with Gasteiger partial charge in [-0.2, -0.15) is 0 Å². The van der Waals surface area contributed by atoms with Crippen LogP contribution in [0.3, 0.4) is 0 Å². The van der Waals surface area contributed by atoms with Crippen molar-refractivity contribution in [3.05, 3.63) is 35.9 Å². The highest BCUT2D eigenvalue weighted by Gasteiger charge is 2.12. The molecule has 6 heteroatoms. The first-order valence-corrected chi connectivity index (χ1v) is 5.41. The zero-order valence-electron chi connectivity index (χ0n) is 10.8. The van der Waals surface area contributed by atoms with E-state index in [1.54, 1.807) is 0 Å². The first kappa shape index (κ1) is 18.9. The van der Waals surface area contributed by atoms with Crippen LogP contribution >= 0.6 is 0 Å². The normalized spacial score (nSPS) is 12.4. The molecule has 0 heterocycles. The quantitative estimate of drug-likeness (QED) is 0.546. The molecular weight excluding hydrogens is 234 g/mol. The van der Waals surface area contributed by atoms with Crippen LogP contribution in [0, 0.1) is 0 Å². The third-order valence-electron chi connectivity index (χ3n) is 2.27. The van der Waals surface area contributed by atoms with Gasteiger partial charge in [-0.1, -0.05) is 30.3 Å². The molecule has 1 rings (SSSR count). The maximum Gasteiger partial charge on any atom is 0.231 e. The number of aliphatic hydroxyl groups excluding tert-OH is 1. The summed E-state index contributed by atoms with van der Waals surface area (Å²) < 4.78 is 0. The summed E-state index contributed by atoms with van der Waals surface area (Å²) >= 11 is 0. The van der Waals surface area contributed by atoms with Crippen molar-refractivity contribution < 1.29 is 15.4 Å². The number of carbonyl (C=O) groups excluding carboxylic acids is 1. The Hall–Kier alpha value is -1.47. The topological polar surface area (TPSA) is 133 Å². The first-order chi connectivity index (χ1) is 8.02. The van der Waals surface area contributed by atoms with Gasteiger partial charge in [-0.05, 0) is 19.5 Å². The standard InChI is InChI=1S/C10H15NO.C2H6N2O.H2O/c1-8(11-2)10(12)9-6-4-3-5-7-9;3-1-2(4)5;/h3-8,10-12H,1-2H3;1,3H2,(H2,4,5);1H2. The van der Waals surface area contributed by atoms with Crippen LogP contribution < -0.4 is 16.8 Å². The molecule has 0 aliphatic rings. The van der Waals surface area contributed by atoms with E-state index >= 15 is 0 Å². The molecule has 18 heavy (non-hydrogen) atoms. The predicted octanol–water partition coefficient (Wildman–Crippen LogP) is -1.07. The van der Waals surface area contributed by atoms with E-state index in [1.165, 1.54) is 0 Å². The number of aliphatic hydroxyl groups is 1.